The minimum absolute atomic E-state index is 0.00784. The molecule has 19 heavy (non-hydrogen) atoms. The van der Waals surface area contributed by atoms with E-state index in [9.17, 15) is 4.79 Å². The van der Waals surface area contributed by atoms with Gasteiger partial charge in [0.2, 0.25) is 0 Å². The van der Waals surface area contributed by atoms with Crippen LogP contribution in [0.25, 0.3) is 0 Å². The van der Waals surface area contributed by atoms with Gasteiger partial charge in [0.05, 0.1) is 0 Å². The summed E-state index contributed by atoms with van der Waals surface area (Å²) in [6.07, 6.45) is 0. The Bertz CT molecular complexity index is 505. The van der Waals surface area contributed by atoms with Crippen LogP contribution in [0, 0.1) is 0 Å². The van der Waals surface area contributed by atoms with Crippen LogP contribution in [-0.4, -0.2) is 14.6 Å². The second kappa shape index (κ2) is 9.47. The van der Waals surface area contributed by atoms with E-state index in [1.807, 2.05) is 0 Å². The molecular weight excluding hydrogens is 415 g/mol. The summed E-state index contributed by atoms with van der Waals surface area (Å²) in [5, 5.41) is 0. The molecule has 0 atom stereocenters. The number of hydrogen-bond donors (Lipinski definition) is 0. The van der Waals surface area contributed by atoms with Crippen molar-refractivity contribution < 1.29 is 22.4 Å². The Balaban J connectivity index is 0.000000399. The van der Waals surface area contributed by atoms with Crippen molar-refractivity contribution in [2.45, 2.75) is 13.8 Å². The average molecular weight is 433 g/mol. The molecule has 0 saturated heterocycles. The minimum atomic E-state index is 0.00784. The van der Waals surface area contributed by atoms with Crippen LogP contribution >= 0.6 is 0 Å². The van der Waals surface area contributed by atoms with Crippen LogP contribution in [0.3, 0.4) is 0 Å². The Labute approximate surface area is 122 Å². The van der Waals surface area contributed by atoms with Crippen molar-refractivity contribution in [2.75, 3.05) is 0 Å². The molecule has 2 rings (SSSR count). The first-order chi connectivity index (χ1) is 9.18. The van der Waals surface area contributed by atoms with E-state index < -0.39 is 0 Å². The van der Waals surface area contributed by atoms with Crippen LogP contribution < -0.4 is 0 Å². The number of ketones is 1. The molecule has 0 aliphatic heterocycles. The fourth-order valence-corrected chi connectivity index (χ4v) is 3.11. The summed E-state index contributed by atoms with van der Waals surface area (Å²) in [6, 6.07) is 21.0. The summed E-state index contributed by atoms with van der Waals surface area (Å²) in [4.78, 5) is 9.44. The zero-order valence-corrected chi connectivity index (χ0v) is 13.4. The van der Waals surface area contributed by atoms with Gasteiger partial charge in [0.25, 0.3) is 0 Å². The SMILES string of the molecule is CC(C)=O.[CH](=[Pt]=[CH]c1ccccc1)c1ccccc1. The molecule has 0 amide bonds. The van der Waals surface area contributed by atoms with E-state index in [-0.39, 0.29) is 23.4 Å². The van der Waals surface area contributed by atoms with E-state index in [1.165, 1.54) is 25.0 Å². The summed E-state index contributed by atoms with van der Waals surface area (Å²) >= 11 is 0.00784. The predicted molar refractivity (Wildman–Crippen MR) is 79.6 cm³/mol. The van der Waals surface area contributed by atoms with Crippen LogP contribution in [0.4, 0.5) is 0 Å². The third-order valence-electron chi connectivity index (χ3n) is 1.92. The molecule has 0 spiro atoms. The van der Waals surface area contributed by atoms with Gasteiger partial charge in [-0.05, 0) is 13.8 Å². The van der Waals surface area contributed by atoms with Crippen molar-refractivity contribution in [1.29, 1.82) is 0 Å². The topological polar surface area (TPSA) is 17.1 Å². The van der Waals surface area contributed by atoms with Crippen LogP contribution in [0.2, 0.25) is 0 Å². The van der Waals surface area contributed by atoms with Crippen molar-refractivity contribution in [2.24, 2.45) is 0 Å². The Morgan fingerprint density at radius 1 is 0.789 bits per heavy atom. The van der Waals surface area contributed by atoms with Gasteiger partial charge >= 0.3 is 98.2 Å². The van der Waals surface area contributed by atoms with E-state index >= 15 is 0 Å². The standard InChI is InChI=1S/2C7H6.C3H6O.Pt/c2*1-7-5-3-2-4-6-7;1-3(2)4;/h2*1-6H;1-2H3;. The second-order valence-corrected chi connectivity index (χ2v) is 6.09. The van der Waals surface area contributed by atoms with Gasteiger partial charge in [0.1, 0.15) is 5.78 Å². The van der Waals surface area contributed by atoms with Gasteiger partial charge < -0.3 is 4.79 Å². The fourth-order valence-electron chi connectivity index (χ4n) is 1.18. The van der Waals surface area contributed by atoms with Crippen LogP contribution in [0.5, 0.6) is 0 Å². The molecule has 2 heteroatoms. The molecule has 0 bridgehead atoms. The second-order valence-electron chi connectivity index (χ2n) is 4.02. The first-order valence-corrected chi connectivity index (χ1v) is 8.59. The number of rotatable bonds is 2. The fraction of sp³-hybridized carbons (Fsp3) is 0.118. The van der Waals surface area contributed by atoms with Gasteiger partial charge in [-0.2, -0.15) is 0 Å². The van der Waals surface area contributed by atoms with Crippen molar-refractivity contribution >= 4 is 14.6 Å². The molecule has 0 aliphatic carbocycles. The van der Waals surface area contributed by atoms with Crippen molar-refractivity contribution in [3.63, 3.8) is 0 Å². The normalized spacial score (nSPS) is 9.16. The maximum atomic E-state index is 9.44. The first kappa shape index (κ1) is 15.6. The Kier molecular flexibility index (Phi) is 7.77. The summed E-state index contributed by atoms with van der Waals surface area (Å²) in [5.41, 5.74) is 2.66. The maximum absolute atomic E-state index is 9.44. The Morgan fingerprint density at radius 2 is 1.11 bits per heavy atom. The van der Waals surface area contributed by atoms with Gasteiger partial charge in [-0.25, -0.2) is 0 Å². The predicted octanol–water partition coefficient (Wildman–Crippen LogP) is 3.37. The summed E-state index contributed by atoms with van der Waals surface area (Å²) < 4.78 is 4.68. The molecule has 0 unspecified atom stereocenters. The molecule has 0 aromatic heterocycles. The van der Waals surface area contributed by atoms with Crippen LogP contribution in [0.1, 0.15) is 25.0 Å². The van der Waals surface area contributed by atoms with Crippen LogP contribution in [-0.2, 0) is 22.4 Å². The zero-order chi connectivity index (χ0) is 13.9. The van der Waals surface area contributed by atoms with E-state index in [1.54, 1.807) is 0 Å². The molecule has 102 valence electrons. The molecule has 2 aromatic rings. The molecule has 0 saturated carbocycles. The zero-order valence-electron chi connectivity index (χ0n) is 11.2. The molecule has 0 N–H and O–H groups in total. The van der Waals surface area contributed by atoms with E-state index in [2.05, 4.69) is 69.5 Å². The number of hydrogen-bond acceptors (Lipinski definition) is 1. The van der Waals surface area contributed by atoms with Gasteiger partial charge in [-0.15, -0.1) is 0 Å². The number of carbonyl (C=O) groups excluding carboxylic acids is 1. The molecule has 1 nitrogen and oxygen atoms in total. The molecule has 0 heterocycles. The number of carbonyl (C=O) groups is 1. The first-order valence-electron chi connectivity index (χ1n) is 5.97. The Morgan fingerprint density at radius 3 is 1.42 bits per heavy atom. The molecule has 0 fully saturated rings. The van der Waals surface area contributed by atoms with Gasteiger partial charge in [-0.1, -0.05) is 0 Å². The van der Waals surface area contributed by atoms with Crippen LogP contribution in [0.15, 0.2) is 60.7 Å². The van der Waals surface area contributed by atoms with Gasteiger partial charge in [0.15, 0.2) is 0 Å². The average Bonchev–Trinajstić information content (AvgIpc) is 2.41. The summed E-state index contributed by atoms with van der Waals surface area (Å²) in [5.74, 6) is 0.167. The van der Waals surface area contributed by atoms with Gasteiger partial charge in [-0.3, -0.25) is 0 Å². The monoisotopic (exact) mass is 433 g/mol. The number of benzene rings is 2. The molecule has 0 radical (unpaired) electrons. The molecule has 2 aromatic carbocycles. The third-order valence-corrected chi connectivity index (χ3v) is 4.19. The number of Topliss-reactive ketones (excluding diaryl/α,β-unsaturated/α-hetero) is 1. The Hall–Kier alpha value is -1.46. The van der Waals surface area contributed by atoms with Crippen molar-refractivity contribution in [3.8, 4) is 0 Å². The van der Waals surface area contributed by atoms with Crippen molar-refractivity contribution in [3.05, 3.63) is 71.8 Å². The summed E-state index contributed by atoms with van der Waals surface area (Å²) in [7, 11) is 0. The van der Waals surface area contributed by atoms with E-state index in [0.717, 1.165) is 0 Å². The van der Waals surface area contributed by atoms with E-state index in [4.69, 9.17) is 0 Å². The van der Waals surface area contributed by atoms with Gasteiger partial charge in [0, 0.05) is 0 Å². The quantitative estimate of drug-likeness (QED) is 0.710. The summed E-state index contributed by atoms with van der Waals surface area (Å²) in [6.45, 7) is 3.06. The van der Waals surface area contributed by atoms with Crippen molar-refractivity contribution in [1.82, 2.24) is 0 Å². The third kappa shape index (κ3) is 8.29. The molecular formula is C17H18OPt. The molecule has 0 aliphatic rings. The van der Waals surface area contributed by atoms with E-state index in [0.29, 0.717) is 0 Å².